The lowest BCUT2D eigenvalue weighted by Gasteiger charge is -2.36. The summed E-state index contributed by atoms with van der Waals surface area (Å²) in [6, 6.07) is 10.3. The lowest BCUT2D eigenvalue weighted by atomic mass is 10.1. The van der Waals surface area contributed by atoms with Gasteiger partial charge in [-0.05, 0) is 48.7 Å². The summed E-state index contributed by atoms with van der Waals surface area (Å²) in [4.78, 5) is 4.80. The first-order valence-corrected chi connectivity index (χ1v) is 8.93. The van der Waals surface area contributed by atoms with Crippen molar-refractivity contribution in [3.63, 3.8) is 0 Å². The SMILES string of the molecule is Fc1ccc(-c2ccc(N3CCN(CC4CCOC4)CC3)nn2)cc1. The maximum atomic E-state index is 13.0. The van der Waals surface area contributed by atoms with E-state index in [4.69, 9.17) is 4.74 Å². The van der Waals surface area contributed by atoms with E-state index >= 15 is 0 Å². The lowest BCUT2D eigenvalue weighted by molar-refractivity contribution is 0.164. The first kappa shape index (κ1) is 16.4. The number of benzene rings is 1. The molecule has 25 heavy (non-hydrogen) atoms. The van der Waals surface area contributed by atoms with E-state index in [1.165, 1.54) is 18.6 Å². The lowest BCUT2D eigenvalue weighted by Crippen LogP contribution is -2.48. The van der Waals surface area contributed by atoms with Gasteiger partial charge in [-0.3, -0.25) is 4.90 Å². The smallest absolute Gasteiger partial charge is 0.151 e. The summed E-state index contributed by atoms with van der Waals surface area (Å²) in [7, 11) is 0. The Morgan fingerprint density at radius 1 is 1.00 bits per heavy atom. The quantitative estimate of drug-likeness (QED) is 0.854. The fourth-order valence-corrected chi connectivity index (χ4v) is 3.52. The van der Waals surface area contributed by atoms with E-state index < -0.39 is 0 Å². The van der Waals surface area contributed by atoms with Gasteiger partial charge in [0.1, 0.15) is 5.82 Å². The Bertz CT molecular complexity index is 678. The molecule has 6 heteroatoms. The van der Waals surface area contributed by atoms with Crippen LogP contribution in [-0.2, 0) is 4.74 Å². The maximum Gasteiger partial charge on any atom is 0.151 e. The normalized spacial score (nSPS) is 21.6. The molecular formula is C19H23FN4O. The first-order valence-electron chi connectivity index (χ1n) is 8.93. The van der Waals surface area contributed by atoms with Crippen molar-refractivity contribution in [2.75, 3.05) is 50.8 Å². The molecule has 2 saturated heterocycles. The summed E-state index contributed by atoms with van der Waals surface area (Å²) >= 11 is 0. The predicted molar refractivity (Wildman–Crippen MR) is 95.0 cm³/mol. The third-order valence-corrected chi connectivity index (χ3v) is 5.03. The molecule has 0 radical (unpaired) electrons. The van der Waals surface area contributed by atoms with E-state index in [2.05, 4.69) is 20.0 Å². The monoisotopic (exact) mass is 342 g/mol. The second-order valence-electron chi connectivity index (χ2n) is 6.80. The molecule has 2 aromatic rings. The summed E-state index contributed by atoms with van der Waals surface area (Å²) in [5.41, 5.74) is 1.65. The highest BCUT2D eigenvalue weighted by molar-refractivity contribution is 5.59. The van der Waals surface area contributed by atoms with Gasteiger partial charge >= 0.3 is 0 Å². The molecule has 0 saturated carbocycles. The minimum absolute atomic E-state index is 0.240. The standard InChI is InChI=1S/C19H23FN4O/c20-17-3-1-16(2-4-17)18-5-6-19(22-21-18)24-10-8-23(9-11-24)13-15-7-12-25-14-15/h1-6,15H,7-14H2. The van der Waals surface area contributed by atoms with E-state index in [0.717, 1.165) is 63.0 Å². The van der Waals surface area contributed by atoms with Gasteiger partial charge in [0.05, 0.1) is 12.3 Å². The molecule has 1 atom stereocenters. The number of rotatable bonds is 4. The van der Waals surface area contributed by atoms with Crippen molar-refractivity contribution in [3.05, 3.63) is 42.2 Å². The van der Waals surface area contributed by atoms with Gasteiger partial charge in [0.15, 0.2) is 5.82 Å². The summed E-state index contributed by atoms with van der Waals surface area (Å²) < 4.78 is 18.5. The van der Waals surface area contributed by atoms with E-state index in [0.29, 0.717) is 5.92 Å². The average Bonchev–Trinajstić information content (AvgIpc) is 3.16. The Labute approximate surface area is 147 Å². The van der Waals surface area contributed by atoms with Gasteiger partial charge in [-0.2, -0.15) is 0 Å². The molecule has 132 valence electrons. The Hall–Kier alpha value is -2.05. The van der Waals surface area contributed by atoms with Crippen LogP contribution < -0.4 is 4.90 Å². The highest BCUT2D eigenvalue weighted by Gasteiger charge is 2.23. The number of ether oxygens (including phenoxy) is 1. The minimum atomic E-state index is -0.240. The van der Waals surface area contributed by atoms with E-state index in [1.54, 1.807) is 12.1 Å². The summed E-state index contributed by atoms with van der Waals surface area (Å²) in [6.45, 7) is 7.02. The highest BCUT2D eigenvalue weighted by Crippen LogP contribution is 2.20. The zero-order chi connectivity index (χ0) is 17.1. The molecule has 4 rings (SSSR count). The third kappa shape index (κ3) is 3.96. The third-order valence-electron chi connectivity index (χ3n) is 5.03. The molecule has 0 bridgehead atoms. The van der Waals surface area contributed by atoms with Crippen LogP contribution in [0.4, 0.5) is 10.2 Å². The molecule has 2 fully saturated rings. The summed E-state index contributed by atoms with van der Waals surface area (Å²) in [6.07, 6.45) is 1.19. The Morgan fingerprint density at radius 2 is 1.80 bits per heavy atom. The Kier molecular flexibility index (Phi) is 4.90. The number of hydrogen-bond donors (Lipinski definition) is 0. The van der Waals surface area contributed by atoms with Gasteiger partial charge in [-0.15, -0.1) is 10.2 Å². The van der Waals surface area contributed by atoms with Gasteiger partial charge < -0.3 is 9.64 Å². The number of aromatic nitrogens is 2. The zero-order valence-electron chi connectivity index (χ0n) is 14.3. The Balaban J connectivity index is 1.34. The van der Waals surface area contributed by atoms with Crippen LogP contribution in [0.2, 0.25) is 0 Å². The number of piperazine rings is 1. The fraction of sp³-hybridized carbons (Fsp3) is 0.474. The van der Waals surface area contributed by atoms with Crippen molar-refractivity contribution in [2.24, 2.45) is 5.92 Å². The van der Waals surface area contributed by atoms with Crippen LogP contribution in [0.1, 0.15) is 6.42 Å². The summed E-state index contributed by atoms with van der Waals surface area (Å²) in [5.74, 6) is 1.37. The van der Waals surface area contributed by atoms with Gasteiger partial charge in [-0.25, -0.2) is 4.39 Å². The van der Waals surface area contributed by atoms with Gasteiger partial charge in [0.2, 0.25) is 0 Å². The number of nitrogens with zero attached hydrogens (tertiary/aromatic N) is 4. The molecule has 0 spiro atoms. The number of anilines is 1. The predicted octanol–water partition coefficient (Wildman–Crippen LogP) is 2.44. The van der Waals surface area contributed by atoms with Crippen molar-refractivity contribution < 1.29 is 9.13 Å². The van der Waals surface area contributed by atoms with Gasteiger partial charge in [0.25, 0.3) is 0 Å². The molecule has 1 aromatic carbocycles. The largest absolute Gasteiger partial charge is 0.381 e. The molecule has 1 unspecified atom stereocenters. The molecule has 5 nitrogen and oxygen atoms in total. The van der Waals surface area contributed by atoms with E-state index in [9.17, 15) is 4.39 Å². The van der Waals surface area contributed by atoms with Crippen molar-refractivity contribution >= 4 is 5.82 Å². The van der Waals surface area contributed by atoms with Crippen molar-refractivity contribution in [1.82, 2.24) is 15.1 Å². The minimum Gasteiger partial charge on any atom is -0.381 e. The zero-order valence-corrected chi connectivity index (χ0v) is 14.3. The van der Waals surface area contributed by atoms with Crippen LogP contribution >= 0.6 is 0 Å². The highest BCUT2D eigenvalue weighted by atomic mass is 19.1. The summed E-state index contributed by atoms with van der Waals surface area (Å²) in [5, 5.41) is 8.68. The Morgan fingerprint density at radius 3 is 2.44 bits per heavy atom. The van der Waals surface area contributed by atoms with Crippen LogP contribution in [0.15, 0.2) is 36.4 Å². The van der Waals surface area contributed by atoms with Crippen LogP contribution in [-0.4, -0.2) is 61.0 Å². The van der Waals surface area contributed by atoms with E-state index in [1.807, 2.05) is 12.1 Å². The van der Waals surface area contributed by atoms with Gasteiger partial charge in [-0.1, -0.05) is 0 Å². The molecule has 3 heterocycles. The van der Waals surface area contributed by atoms with Crippen LogP contribution in [0.25, 0.3) is 11.3 Å². The molecule has 0 N–H and O–H groups in total. The average molecular weight is 342 g/mol. The molecule has 2 aliphatic heterocycles. The van der Waals surface area contributed by atoms with Crippen molar-refractivity contribution in [2.45, 2.75) is 6.42 Å². The molecular weight excluding hydrogens is 319 g/mol. The van der Waals surface area contributed by atoms with Crippen molar-refractivity contribution in [3.8, 4) is 11.3 Å². The molecule has 0 amide bonds. The van der Waals surface area contributed by atoms with Crippen molar-refractivity contribution in [1.29, 1.82) is 0 Å². The molecule has 0 aliphatic carbocycles. The van der Waals surface area contributed by atoms with Crippen LogP contribution in [0, 0.1) is 11.7 Å². The fourth-order valence-electron chi connectivity index (χ4n) is 3.52. The second-order valence-corrected chi connectivity index (χ2v) is 6.80. The second kappa shape index (κ2) is 7.45. The molecule has 1 aromatic heterocycles. The molecule has 2 aliphatic rings. The van der Waals surface area contributed by atoms with Crippen LogP contribution in [0.3, 0.4) is 0 Å². The van der Waals surface area contributed by atoms with Gasteiger partial charge in [0, 0.05) is 44.9 Å². The van der Waals surface area contributed by atoms with E-state index in [-0.39, 0.29) is 5.82 Å². The topological polar surface area (TPSA) is 41.5 Å². The first-order chi connectivity index (χ1) is 12.3. The number of hydrogen-bond acceptors (Lipinski definition) is 5. The maximum absolute atomic E-state index is 13.0. The van der Waals surface area contributed by atoms with Crippen LogP contribution in [0.5, 0.6) is 0 Å². The number of halogens is 1.